The first-order valence-electron chi connectivity index (χ1n) is 5.27. The maximum Gasteiger partial charge on any atom is 0.234 e. The molecule has 2 N–H and O–H groups in total. The van der Waals surface area contributed by atoms with Crippen molar-refractivity contribution in [2.75, 3.05) is 13.1 Å². The minimum atomic E-state index is 0.0190. The number of carbonyl (C=O) groups is 1. The summed E-state index contributed by atoms with van der Waals surface area (Å²) in [6.07, 6.45) is 1.74. The molecule has 0 unspecified atom stereocenters. The maximum absolute atomic E-state index is 11.4. The molecule has 16 heavy (non-hydrogen) atoms. The van der Waals surface area contributed by atoms with E-state index in [2.05, 4.69) is 37.1 Å². The zero-order chi connectivity index (χ0) is 12.0. The predicted octanol–water partition coefficient (Wildman–Crippen LogP) is 1.76. The first-order chi connectivity index (χ1) is 7.63. The highest BCUT2D eigenvalue weighted by molar-refractivity contribution is 7.12. The fraction of sp³-hybridized carbons (Fsp3) is 0.417. The van der Waals surface area contributed by atoms with E-state index in [0.29, 0.717) is 19.6 Å². The Balaban J connectivity index is 2.28. The van der Waals surface area contributed by atoms with Gasteiger partial charge in [-0.1, -0.05) is 6.08 Å². The molecular weight excluding hydrogens is 220 g/mol. The molecule has 0 aliphatic carbocycles. The maximum atomic E-state index is 11.4. The van der Waals surface area contributed by atoms with Crippen LogP contribution in [-0.4, -0.2) is 19.0 Å². The minimum absolute atomic E-state index is 0.0190. The van der Waals surface area contributed by atoms with E-state index in [-0.39, 0.29) is 5.91 Å². The molecule has 0 radical (unpaired) electrons. The van der Waals surface area contributed by atoms with Crippen LogP contribution in [0.2, 0.25) is 0 Å². The quantitative estimate of drug-likeness (QED) is 0.585. The lowest BCUT2D eigenvalue weighted by Crippen LogP contribution is -2.33. The van der Waals surface area contributed by atoms with Gasteiger partial charge in [-0.25, -0.2) is 0 Å². The zero-order valence-corrected chi connectivity index (χ0v) is 10.6. The van der Waals surface area contributed by atoms with Crippen molar-refractivity contribution in [1.82, 2.24) is 10.6 Å². The van der Waals surface area contributed by atoms with Gasteiger partial charge in [-0.3, -0.25) is 4.79 Å². The number of amides is 1. The van der Waals surface area contributed by atoms with E-state index >= 15 is 0 Å². The van der Waals surface area contributed by atoms with Crippen LogP contribution in [-0.2, 0) is 11.3 Å². The highest BCUT2D eigenvalue weighted by Gasteiger charge is 2.03. The fourth-order valence-electron chi connectivity index (χ4n) is 1.27. The Kier molecular flexibility index (Phi) is 5.22. The molecule has 1 rings (SSSR count). The number of hydrogen-bond donors (Lipinski definition) is 2. The van der Waals surface area contributed by atoms with Crippen molar-refractivity contribution >= 4 is 17.2 Å². The van der Waals surface area contributed by atoms with E-state index in [9.17, 15) is 4.79 Å². The second-order valence-electron chi connectivity index (χ2n) is 3.65. The second-order valence-corrected chi connectivity index (χ2v) is 4.99. The number of carbonyl (C=O) groups excluding carboxylic acids is 1. The van der Waals surface area contributed by atoms with Gasteiger partial charge in [0.1, 0.15) is 0 Å². The lowest BCUT2D eigenvalue weighted by Gasteiger charge is -2.03. The number of thiophene rings is 1. The van der Waals surface area contributed by atoms with Crippen LogP contribution in [0.1, 0.15) is 15.3 Å². The largest absolute Gasteiger partial charge is 0.350 e. The minimum Gasteiger partial charge on any atom is -0.350 e. The third-order valence-corrected chi connectivity index (χ3v) is 3.40. The van der Waals surface area contributed by atoms with Gasteiger partial charge in [0, 0.05) is 16.3 Å². The van der Waals surface area contributed by atoms with E-state index in [1.807, 2.05) is 0 Å². The Bertz CT molecular complexity index is 352. The first-order valence-corrected chi connectivity index (χ1v) is 6.09. The summed E-state index contributed by atoms with van der Waals surface area (Å²) in [6, 6.07) is 2.12. The van der Waals surface area contributed by atoms with Crippen molar-refractivity contribution in [3.8, 4) is 0 Å². The van der Waals surface area contributed by atoms with E-state index in [1.54, 1.807) is 17.4 Å². The summed E-state index contributed by atoms with van der Waals surface area (Å²) >= 11 is 1.73. The molecule has 1 aromatic heterocycles. The van der Waals surface area contributed by atoms with E-state index in [4.69, 9.17) is 0 Å². The molecule has 0 aliphatic heterocycles. The third-order valence-electron chi connectivity index (χ3n) is 2.25. The van der Waals surface area contributed by atoms with Gasteiger partial charge in [0.2, 0.25) is 5.91 Å². The molecule has 0 bridgehead atoms. The van der Waals surface area contributed by atoms with Gasteiger partial charge in [-0.05, 0) is 25.5 Å². The summed E-state index contributed by atoms with van der Waals surface area (Å²) in [7, 11) is 0. The molecule has 0 saturated heterocycles. The molecule has 4 heteroatoms. The smallest absolute Gasteiger partial charge is 0.234 e. The highest BCUT2D eigenvalue weighted by Crippen LogP contribution is 2.19. The van der Waals surface area contributed by atoms with Crippen molar-refractivity contribution in [2.45, 2.75) is 20.4 Å². The van der Waals surface area contributed by atoms with Crippen LogP contribution in [0.4, 0.5) is 0 Å². The molecular formula is C12H18N2OS. The summed E-state index contributed by atoms with van der Waals surface area (Å²) in [5, 5.41) is 5.83. The van der Waals surface area contributed by atoms with Crippen LogP contribution in [0, 0.1) is 13.8 Å². The molecule has 1 amide bonds. The average Bonchev–Trinajstić information content (AvgIpc) is 2.56. The van der Waals surface area contributed by atoms with Crippen molar-refractivity contribution in [1.29, 1.82) is 0 Å². The fourth-order valence-corrected chi connectivity index (χ4v) is 2.27. The lowest BCUT2D eigenvalue weighted by atomic mass is 10.3. The number of rotatable bonds is 6. The predicted molar refractivity (Wildman–Crippen MR) is 68.7 cm³/mol. The van der Waals surface area contributed by atoms with Gasteiger partial charge in [0.25, 0.3) is 0 Å². The second kappa shape index (κ2) is 6.45. The van der Waals surface area contributed by atoms with Crippen molar-refractivity contribution in [3.05, 3.63) is 34.0 Å². The molecule has 88 valence electrons. The zero-order valence-electron chi connectivity index (χ0n) is 9.80. The Morgan fingerprint density at radius 1 is 1.56 bits per heavy atom. The topological polar surface area (TPSA) is 41.1 Å². The van der Waals surface area contributed by atoms with Crippen LogP contribution in [0.15, 0.2) is 18.7 Å². The van der Waals surface area contributed by atoms with Gasteiger partial charge in [-0.2, -0.15) is 0 Å². The molecule has 3 nitrogen and oxygen atoms in total. The van der Waals surface area contributed by atoms with Crippen LogP contribution in [0.25, 0.3) is 0 Å². The van der Waals surface area contributed by atoms with E-state index in [1.165, 1.54) is 15.3 Å². The SMILES string of the molecule is C=CCNCC(=O)NCc1cc(C)c(C)s1. The molecule has 0 aromatic carbocycles. The molecule has 0 fully saturated rings. The Labute approximate surface area is 101 Å². The van der Waals surface area contributed by atoms with Gasteiger partial charge in [0.15, 0.2) is 0 Å². The van der Waals surface area contributed by atoms with Crippen LogP contribution >= 0.6 is 11.3 Å². The summed E-state index contributed by atoms with van der Waals surface area (Å²) < 4.78 is 0. The standard InChI is InChI=1S/C12H18N2OS/c1-4-5-13-8-12(15)14-7-11-6-9(2)10(3)16-11/h4,6,13H,1,5,7-8H2,2-3H3,(H,14,15). The third kappa shape index (κ3) is 4.16. The Morgan fingerprint density at radius 3 is 2.88 bits per heavy atom. The monoisotopic (exact) mass is 238 g/mol. The molecule has 0 spiro atoms. The Hall–Kier alpha value is -1.13. The first kappa shape index (κ1) is 12.9. The molecule has 0 saturated carbocycles. The molecule has 0 atom stereocenters. The summed E-state index contributed by atoms with van der Waals surface area (Å²) in [4.78, 5) is 13.9. The molecule has 0 aliphatic rings. The number of nitrogens with one attached hydrogen (secondary N) is 2. The van der Waals surface area contributed by atoms with Crippen molar-refractivity contribution in [2.24, 2.45) is 0 Å². The summed E-state index contributed by atoms with van der Waals surface area (Å²) in [5.41, 5.74) is 1.29. The van der Waals surface area contributed by atoms with E-state index < -0.39 is 0 Å². The number of aryl methyl sites for hydroxylation is 2. The van der Waals surface area contributed by atoms with E-state index in [0.717, 1.165) is 0 Å². The Morgan fingerprint density at radius 2 is 2.31 bits per heavy atom. The molecule has 1 aromatic rings. The highest BCUT2D eigenvalue weighted by atomic mass is 32.1. The van der Waals surface area contributed by atoms with Gasteiger partial charge in [0.05, 0.1) is 13.1 Å². The average molecular weight is 238 g/mol. The van der Waals surface area contributed by atoms with Gasteiger partial charge in [-0.15, -0.1) is 17.9 Å². The summed E-state index contributed by atoms with van der Waals surface area (Å²) in [6.45, 7) is 9.37. The van der Waals surface area contributed by atoms with Crippen LogP contribution < -0.4 is 10.6 Å². The normalized spacial score (nSPS) is 10.1. The summed E-state index contributed by atoms with van der Waals surface area (Å²) in [5.74, 6) is 0.0190. The van der Waals surface area contributed by atoms with Gasteiger partial charge >= 0.3 is 0 Å². The van der Waals surface area contributed by atoms with Crippen LogP contribution in [0.5, 0.6) is 0 Å². The van der Waals surface area contributed by atoms with Crippen molar-refractivity contribution < 1.29 is 4.79 Å². The van der Waals surface area contributed by atoms with Crippen molar-refractivity contribution in [3.63, 3.8) is 0 Å². The lowest BCUT2D eigenvalue weighted by molar-refractivity contribution is -0.120. The molecule has 1 heterocycles. The van der Waals surface area contributed by atoms with Crippen LogP contribution in [0.3, 0.4) is 0 Å². The number of hydrogen-bond acceptors (Lipinski definition) is 3. The van der Waals surface area contributed by atoms with Gasteiger partial charge < -0.3 is 10.6 Å².